The van der Waals surface area contributed by atoms with Crippen molar-refractivity contribution in [1.82, 2.24) is 14.4 Å². The fraction of sp³-hybridized carbons (Fsp3) is 0.294. The molecule has 1 fully saturated rings. The summed E-state index contributed by atoms with van der Waals surface area (Å²) in [6.45, 7) is 0.604. The van der Waals surface area contributed by atoms with Crippen LogP contribution < -0.4 is 0 Å². The first-order chi connectivity index (χ1) is 13.4. The van der Waals surface area contributed by atoms with Gasteiger partial charge in [-0.15, -0.1) is 11.3 Å². The zero-order valence-corrected chi connectivity index (χ0v) is 16.2. The fourth-order valence-corrected chi connectivity index (χ4v) is 5.33. The molecule has 3 aromatic rings. The van der Waals surface area contributed by atoms with Crippen molar-refractivity contribution < 1.29 is 17.9 Å². The predicted octanol–water partition coefficient (Wildman–Crippen LogP) is 3.27. The fourth-order valence-electron chi connectivity index (χ4n) is 3.16. The Hall–Kier alpha value is -2.63. The molecule has 0 saturated carbocycles. The standard InChI is InChI=1S/C17H16N4O5S2/c22-21(23)13-5-7-14(8-6-13)28(24,25)20-9-1-3-12(11-20)17-18-16(19-26-17)15-4-2-10-27-15/h2,4-8,10,12H,1,3,9,11H2/t12-/m0/s1. The first kappa shape index (κ1) is 18.7. The Balaban J connectivity index is 1.54. The Bertz CT molecular complexity index is 1080. The van der Waals surface area contributed by atoms with E-state index < -0.39 is 14.9 Å². The molecule has 11 heteroatoms. The molecule has 0 bridgehead atoms. The molecule has 0 aliphatic carbocycles. The number of nitro groups is 1. The minimum Gasteiger partial charge on any atom is -0.339 e. The molecular weight excluding hydrogens is 404 g/mol. The van der Waals surface area contributed by atoms with Crippen molar-refractivity contribution in [3.63, 3.8) is 0 Å². The molecule has 0 unspecified atom stereocenters. The number of hydrogen-bond donors (Lipinski definition) is 0. The van der Waals surface area contributed by atoms with Crippen molar-refractivity contribution in [3.05, 3.63) is 57.8 Å². The van der Waals surface area contributed by atoms with E-state index >= 15 is 0 Å². The molecule has 9 nitrogen and oxygen atoms in total. The lowest BCUT2D eigenvalue weighted by atomic mass is 10.00. The molecule has 4 rings (SSSR count). The third kappa shape index (κ3) is 3.55. The van der Waals surface area contributed by atoms with Crippen LogP contribution in [0.15, 0.2) is 51.2 Å². The topological polar surface area (TPSA) is 119 Å². The zero-order valence-electron chi connectivity index (χ0n) is 14.6. The van der Waals surface area contributed by atoms with Crippen LogP contribution in [0.5, 0.6) is 0 Å². The highest BCUT2D eigenvalue weighted by Crippen LogP contribution is 2.31. The van der Waals surface area contributed by atoms with Gasteiger partial charge < -0.3 is 4.52 Å². The second kappa shape index (κ2) is 7.41. The number of nitrogens with zero attached hydrogens (tertiary/aromatic N) is 4. The predicted molar refractivity (Wildman–Crippen MR) is 101 cm³/mol. The third-order valence-electron chi connectivity index (χ3n) is 4.60. The van der Waals surface area contributed by atoms with Gasteiger partial charge in [0.2, 0.25) is 21.7 Å². The highest BCUT2D eigenvalue weighted by atomic mass is 32.2. The Morgan fingerprint density at radius 2 is 2.04 bits per heavy atom. The van der Waals surface area contributed by atoms with Gasteiger partial charge >= 0.3 is 0 Å². The van der Waals surface area contributed by atoms with Crippen LogP contribution in [0.2, 0.25) is 0 Å². The van der Waals surface area contributed by atoms with Gasteiger partial charge in [0.15, 0.2) is 0 Å². The van der Waals surface area contributed by atoms with Gasteiger partial charge in [0.1, 0.15) is 0 Å². The van der Waals surface area contributed by atoms with Crippen molar-refractivity contribution >= 4 is 27.0 Å². The molecule has 2 aromatic heterocycles. The van der Waals surface area contributed by atoms with Crippen LogP contribution in [-0.2, 0) is 10.0 Å². The number of thiophene rings is 1. The second-order valence-electron chi connectivity index (χ2n) is 6.39. The first-order valence-corrected chi connectivity index (χ1v) is 10.9. The quantitative estimate of drug-likeness (QED) is 0.459. The summed E-state index contributed by atoms with van der Waals surface area (Å²) in [7, 11) is -3.76. The summed E-state index contributed by atoms with van der Waals surface area (Å²) in [5, 5.41) is 16.7. The first-order valence-electron chi connectivity index (χ1n) is 8.57. The number of sulfonamides is 1. The molecule has 3 heterocycles. The van der Waals surface area contributed by atoms with E-state index in [2.05, 4.69) is 10.1 Å². The molecule has 1 saturated heterocycles. The lowest BCUT2D eigenvalue weighted by molar-refractivity contribution is -0.384. The second-order valence-corrected chi connectivity index (χ2v) is 9.27. The van der Waals surface area contributed by atoms with Crippen molar-refractivity contribution in [2.24, 2.45) is 0 Å². The Kier molecular flexibility index (Phi) is 4.96. The van der Waals surface area contributed by atoms with Crippen molar-refractivity contribution in [2.75, 3.05) is 13.1 Å². The van der Waals surface area contributed by atoms with Gasteiger partial charge in [0.25, 0.3) is 5.69 Å². The Morgan fingerprint density at radius 1 is 1.25 bits per heavy atom. The number of piperidine rings is 1. The highest BCUT2D eigenvalue weighted by molar-refractivity contribution is 7.89. The molecule has 1 aliphatic heterocycles. The van der Waals surface area contributed by atoms with E-state index in [1.54, 1.807) is 0 Å². The van der Waals surface area contributed by atoms with E-state index in [4.69, 9.17) is 4.52 Å². The number of benzene rings is 1. The molecular formula is C17H16N4O5S2. The van der Waals surface area contributed by atoms with Crippen LogP contribution in [0.3, 0.4) is 0 Å². The minimum atomic E-state index is -3.76. The molecule has 1 atom stereocenters. The summed E-state index contributed by atoms with van der Waals surface area (Å²) in [5.74, 6) is 0.732. The monoisotopic (exact) mass is 420 g/mol. The number of non-ortho nitro benzene ring substituents is 1. The molecule has 0 amide bonds. The number of nitro benzene ring substituents is 1. The average Bonchev–Trinajstić information content (AvgIpc) is 3.40. The van der Waals surface area contributed by atoms with Crippen LogP contribution >= 0.6 is 11.3 Å². The molecule has 28 heavy (non-hydrogen) atoms. The van der Waals surface area contributed by atoms with E-state index in [0.717, 1.165) is 11.3 Å². The molecule has 0 N–H and O–H groups in total. The summed E-state index contributed by atoms with van der Waals surface area (Å²) in [5.41, 5.74) is -0.151. The highest BCUT2D eigenvalue weighted by Gasteiger charge is 2.33. The van der Waals surface area contributed by atoms with Crippen LogP contribution in [0.4, 0.5) is 5.69 Å². The van der Waals surface area contributed by atoms with Crippen molar-refractivity contribution in [3.8, 4) is 10.7 Å². The number of aromatic nitrogens is 2. The third-order valence-corrected chi connectivity index (χ3v) is 7.35. The van der Waals surface area contributed by atoms with Crippen LogP contribution in [0.1, 0.15) is 24.7 Å². The summed E-state index contributed by atoms with van der Waals surface area (Å²) >= 11 is 1.50. The minimum absolute atomic E-state index is 0.0311. The van der Waals surface area contributed by atoms with Gasteiger partial charge in [-0.05, 0) is 36.4 Å². The van der Waals surface area contributed by atoms with Gasteiger partial charge in [-0.25, -0.2) is 8.42 Å². The number of hydrogen-bond acceptors (Lipinski definition) is 8. The van der Waals surface area contributed by atoms with Gasteiger partial charge in [0.05, 0.1) is 20.6 Å². The van der Waals surface area contributed by atoms with E-state index in [1.165, 1.54) is 39.9 Å². The zero-order chi connectivity index (χ0) is 19.7. The van der Waals surface area contributed by atoms with E-state index in [1.807, 2.05) is 17.5 Å². The molecule has 1 aromatic carbocycles. The van der Waals surface area contributed by atoms with E-state index in [9.17, 15) is 18.5 Å². The average molecular weight is 420 g/mol. The van der Waals surface area contributed by atoms with Crippen molar-refractivity contribution in [1.29, 1.82) is 0 Å². The van der Waals surface area contributed by atoms with Gasteiger partial charge in [0, 0.05) is 25.2 Å². The largest absolute Gasteiger partial charge is 0.339 e. The van der Waals surface area contributed by atoms with E-state index in [-0.39, 0.29) is 23.0 Å². The maximum atomic E-state index is 12.9. The van der Waals surface area contributed by atoms with Crippen LogP contribution in [0.25, 0.3) is 10.7 Å². The van der Waals surface area contributed by atoms with Crippen LogP contribution in [0, 0.1) is 10.1 Å². The lowest BCUT2D eigenvalue weighted by Gasteiger charge is -2.30. The van der Waals surface area contributed by atoms with Crippen LogP contribution in [-0.4, -0.2) is 40.9 Å². The maximum Gasteiger partial charge on any atom is 0.269 e. The summed E-state index contributed by atoms with van der Waals surface area (Å²) in [6, 6.07) is 8.71. The molecule has 1 aliphatic rings. The number of rotatable bonds is 5. The van der Waals surface area contributed by atoms with E-state index in [0.29, 0.717) is 24.7 Å². The summed E-state index contributed by atoms with van der Waals surface area (Å²) < 4.78 is 32.6. The SMILES string of the molecule is O=[N+]([O-])c1ccc(S(=O)(=O)N2CCC[C@H](c3nc(-c4cccs4)no3)C2)cc1. The Labute approximate surface area is 164 Å². The van der Waals surface area contributed by atoms with Gasteiger partial charge in [-0.1, -0.05) is 11.2 Å². The normalized spacial score (nSPS) is 18.2. The van der Waals surface area contributed by atoms with Crippen molar-refractivity contribution in [2.45, 2.75) is 23.7 Å². The summed E-state index contributed by atoms with van der Waals surface area (Å²) in [6.07, 6.45) is 1.41. The van der Waals surface area contributed by atoms with Gasteiger partial charge in [-0.2, -0.15) is 9.29 Å². The molecule has 0 radical (unpaired) electrons. The Morgan fingerprint density at radius 3 is 2.71 bits per heavy atom. The lowest BCUT2D eigenvalue weighted by Crippen LogP contribution is -2.39. The maximum absolute atomic E-state index is 12.9. The molecule has 146 valence electrons. The molecule has 0 spiro atoms. The summed E-state index contributed by atoms with van der Waals surface area (Å²) in [4.78, 5) is 15.6. The van der Waals surface area contributed by atoms with Gasteiger partial charge in [-0.3, -0.25) is 10.1 Å². The smallest absolute Gasteiger partial charge is 0.269 e.